The summed E-state index contributed by atoms with van der Waals surface area (Å²) < 4.78 is 23.1. The van der Waals surface area contributed by atoms with Crippen LogP contribution < -0.4 is 10.6 Å². The Morgan fingerprint density at radius 3 is 2.85 bits per heavy atom. The third-order valence-electron chi connectivity index (χ3n) is 4.07. The highest BCUT2D eigenvalue weighted by Gasteiger charge is 2.32. The van der Waals surface area contributed by atoms with Gasteiger partial charge in [-0.25, -0.2) is 8.42 Å². The molecular formula is C12H23N5O2S. The molecule has 0 aliphatic carbocycles. The Balaban J connectivity index is 2.17. The Morgan fingerprint density at radius 1 is 1.55 bits per heavy atom. The standard InChI is InChI=1S/C12H23N5O2S/c1-9(20(3,18)19)10-14-11(16-15-10)17-6-4-5-12(2,7-13)8-17/h9H,4-8,13H2,1-3H3,(H,14,15,16). The zero-order valence-corrected chi connectivity index (χ0v) is 13.1. The molecule has 2 heterocycles. The van der Waals surface area contributed by atoms with Gasteiger partial charge in [-0.2, -0.15) is 4.98 Å². The topological polar surface area (TPSA) is 105 Å². The summed E-state index contributed by atoms with van der Waals surface area (Å²) in [4.78, 5) is 6.41. The highest BCUT2D eigenvalue weighted by atomic mass is 32.2. The number of nitrogens with one attached hydrogen (secondary N) is 1. The minimum absolute atomic E-state index is 0.0709. The van der Waals surface area contributed by atoms with Gasteiger partial charge >= 0.3 is 0 Å². The molecule has 0 bridgehead atoms. The lowest BCUT2D eigenvalue weighted by atomic mass is 9.82. The molecule has 0 amide bonds. The summed E-state index contributed by atoms with van der Waals surface area (Å²) in [5, 5.41) is 6.23. The van der Waals surface area contributed by atoms with Crippen molar-refractivity contribution in [3.8, 4) is 0 Å². The Labute approximate surface area is 119 Å². The molecule has 7 nitrogen and oxygen atoms in total. The van der Waals surface area contributed by atoms with Crippen molar-refractivity contribution in [2.24, 2.45) is 11.1 Å². The molecule has 1 saturated heterocycles. The van der Waals surface area contributed by atoms with Crippen LogP contribution in [0.2, 0.25) is 0 Å². The number of aromatic nitrogens is 3. The van der Waals surface area contributed by atoms with Crippen molar-refractivity contribution in [3.05, 3.63) is 5.82 Å². The molecule has 1 aromatic heterocycles. The van der Waals surface area contributed by atoms with Crippen LogP contribution in [0.5, 0.6) is 0 Å². The molecule has 2 atom stereocenters. The summed E-state index contributed by atoms with van der Waals surface area (Å²) in [5.41, 5.74) is 5.90. The number of rotatable bonds is 4. The van der Waals surface area contributed by atoms with E-state index in [9.17, 15) is 8.42 Å². The molecule has 0 saturated carbocycles. The number of piperidine rings is 1. The smallest absolute Gasteiger partial charge is 0.244 e. The van der Waals surface area contributed by atoms with Gasteiger partial charge in [0, 0.05) is 19.3 Å². The number of anilines is 1. The fourth-order valence-corrected chi connectivity index (χ4v) is 2.95. The van der Waals surface area contributed by atoms with E-state index in [1.807, 2.05) is 0 Å². The van der Waals surface area contributed by atoms with Crippen molar-refractivity contribution in [2.45, 2.75) is 31.9 Å². The second kappa shape index (κ2) is 5.33. The van der Waals surface area contributed by atoms with Gasteiger partial charge in [-0.3, -0.25) is 5.10 Å². The van der Waals surface area contributed by atoms with Crippen LogP contribution in [-0.4, -0.2) is 49.5 Å². The normalized spacial score (nSPS) is 25.7. The first-order valence-corrected chi connectivity index (χ1v) is 8.77. The molecule has 1 aliphatic heterocycles. The van der Waals surface area contributed by atoms with Gasteiger partial charge in [0.15, 0.2) is 9.84 Å². The first-order chi connectivity index (χ1) is 9.25. The maximum atomic E-state index is 11.5. The lowest BCUT2D eigenvalue weighted by Gasteiger charge is -2.39. The molecule has 2 rings (SSSR count). The van der Waals surface area contributed by atoms with E-state index in [1.54, 1.807) is 6.92 Å². The number of hydrogen-bond donors (Lipinski definition) is 2. The number of H-pyrrole nitrogens is 1. The Kier molecular flexibility index (Phi) is 4.06. The van der Waals surface area contributed by atoms with Gasteiger partial charge < -0.3 is 10.6 Å². The van der Waals surface area contributed by atoms with Crippen molar-refractivity contribution < 1.29 is 8.42 Å². The van der Waals surface area contributed by atoms with Crippen LogP contribution in [0.1, 0.15) is 37.8 Å². The molecule has 3 N–H and O–H groups in total. The predicted octanol–water partition coefficient (Wildman–Crippen LogP) is 0.476. The molecule has 1 aromatic rings. The summed E-state index contributed by atoms with van der Waals surface area (Å²) in [6, 6.07) is 0. The fraction of sp³-hybridized carbons (Fsp3) is 0.833. The molecule has 114 valence electrons. The molecule has 0 spiro atoms. The Morgan fingerprint density at radius 2 is 2.25 bits per heavy atom. The van der Waals surface area contributed by atoms with Gasteiger partial charge in [-0.1, -0.05) is 6.92 Å². The van der Waals surface area contributed by atoms with Gasteiger partial charge in [-0.15, -0.1) is 5.10 Å². The number of nitrogens with zero attached hydrogens (tertiary/aromatic N) is 3. The molecule has 0 radical (unpaired) electrons. The third kappa shape index (κ3) is 3.12. The van der Waals surface area contributed by atoms with Crippen LogP contribution in [0.4, 0.5) is 5.95 Å². The van der Waals surface area contributed by atoms with Crippen LogP contribution in [0, 0.1) is 5.41 Å². The average Bonchev–Trinajstić information content (AvgIpc) is 2.86. The van der Waals surface area contributed by atoms with E-state index < -0.39 is 15.1 Å². The summed E-state index contributed by atoms with van der Waals surface area (Å²) >= 11 is 0. The summed E-state index contributed by atoms with van der Waals surface area (Å²) in [6.45, 7) is 6.07. The van der Waals surface area contributed by atoms with Crippen LogP contribution in [0.3, 0.4) is 0 Å². The van der Waals surface area contributed by atoms with Crippen molar-refractivity contribution in [1.29, 1.82) is 0 Å². The number of hydrogen-bond acceptors (Lipinski definition) is 6. The van der Waals surface area contributed by atoms with Crippen LogP contribution in [-0.2, 0) is 9.84 Å². The molecule has 20 heavy (non-hydrogen) atoms. The van der Waals surface area contributed by atoms with Crippen LogP contribution in [0.15, 0.2) is 0 Å². The molecular weight excluding hydrogens is 278 g/mol. The minimum Gasteiger partial charge on any atom is -0.339 e. The zero-order valence-electron chi connectivity index (χ0n) is 12.3. The third-order valence-corrected chi connectivity index (χ3v) is 5.58. The van der Waals surface area contributed by atoms with Crippen molar-refractivity contribution in [1.82, 2.24) is 15.2 Å². The average molecular weight is 301 g/mol. The second-order valence-electron chi connectivity index (χ2n) is 6.03. The van der Waals surface area contributed by atoms with Crippen molar-refractivity contribution in [2.75, 3.05) is 30.8 Å². The minimum atomic E-state index is -3.17. The summed E-state index contributed by atoms with van der Waals surface area (Å²) in [6.07, 6.45) is 3.34. The lowest BCUT2D eigenvalue weighted by Crippen LogP contribution is -2.46. The van der Waals surface area contributed by atoms with E-state index in [0.29, 0.717) is 18.3 Å². The molecule has 0 aromatic carbocycles. The second-order valence-corrected chi connectivity index (χ2v) is 8.40. The largest absolute Gasteiger partial charge is 0.339 e. The van der Waals surface area contributed by atoms with Gasteiger partial charge in [-0.05, 0) is 31.7 Å². The van der Waals surface area contributed by atoms with Gasteiger partial charge in [0.2, 0.25) is 5.95 Å². The zero-order chi connectivity index (χ0) is 15.0. The SMILES string of the molecule is CC(c1nc(N2CCCC(C)(CN)C2)n[nH]1)S(C)(=O)=O. The first-order valence-electron chi connectivity index (χ1n) is 6.81. The van der Waals surface area contributed by atoms with E-state index in [4.69, 9.17) is 5.73 Å². The highest BCUT2D eigenvalue weighted by Crippen LogP contribution is 2.30. The van der Waals surface area contributed by atoms with Crippen molar-refractivity contribution in [3.63, 3.8) is 0 Å². The van der Waals surface area contributed by atoms with Gasteiger partial charge in [0.1, 0.15) is 11.1 Å². The first kappa shape index (κ1) is 15.2. The van der Waals surface area contributed by atoms with Crippen LogP contribution >= 0.6 is 0 Å². The Bertz CT molecular complexity index is 570. The summed E-state index contributed by atoms with van der Waals surface area (Å²) in [7, 11) is -3.17. The monoisotopic (exact) mass is 301 g/mol. The van der Waals surface area contributed by atoms with E-state index in [0.717, 1.165) is 25.9 Å². The number of nitrogens with two attached hydrogens (primary N) is 1. The highest BCUT2D eigenvalue weighted by molar-refractivity contribution is 7.90. The molecule has 1 fully saturated rings. The van der Waals surface area contributed by atoms with E-state index >= 15 is 0 Å². The molecule has 2 unspecified atom stereocenters. The maximum absolute atomic E-state index is 11.5. The summed E-state index contributed by atoms with van der Waals surface area (Å²) in [5.74, 6) is 0.956. The molecule has 8 heteroatoms. The maximum Gasteiger partial charge on any atom is 0.244 e. The van der Waals surface area contributed by atoms with E-state index in [2.05, 4.69) is 27.0 Å². The lowest BCUT2D eigenvalue weighted by molar-refractivity contribution is 0.270. The quantitative estimate of drug-likeness (QED) is 0.838. The van der Waals surface area contributed by atoms with Crippen LogP contribution in [0.25, 0.3) is 0 Å². The van der Waals surface area contributed by atoms with E-state index in [-0.39, 0.29) is 5.41 Å². The number of sulfone groups is 1. The fourth-order valence-electron chi connectivity index (χ4n) is 2.44. The van der Waals surface area contributed by atoms with Crippen molar-refractivity contribution >= 4 is 15.8 Å². The van der Waals surface area contributed by atoms with Gasteiger partial charge in [0.25, 0.3) is 0 Å². The number of aromatic amines is 1. The Hall–Kier alpha value is -1.15. The molecule has 1 aliphatic rings. The predicted molar refractivity (Wildman–Crippen MR) is 78.2 cm³/mol. The van der Waals surface area contributed by atoms with Gasteiger partial charge in [0.05, 0.1) is 0 Å². The van der Waals surface area contributed by atoms with E-state index in [1.165, 1.54) is 6.26 Å².